The number of benzene rings is 2. The van der Waals surface area contributed by atoms with Crippen molar-refractivity contribution in [2.45, 2.75) is 5.25 Å². The highest BCUT2D eigenvalue weighted by Crippen LogP contribution is 2.36. The van der Waals surface area contributed by atoms with E-state index in [1.807, 2.05) is 18.2 Å². The number of carbonyl (C=O) groups is 1. The van der Waals surface area contributed by atoms with Crippen LogP contribution in [-0.2, 0) is 4.79 Å². The number of aromatic nitrogens is 1. The number of oxazole rings is 1. The monoisotopic (exact) mass is 356 g/mol. The Morgan fingerprint density at radius 3 is 2.32 bits per heavy atom. The molecule has 1 heterocycles. The lowest BCUT2D eigenvalue weighted by Crippen LogP contribution is -2.05. The van der Waals surface area contributed by atoms with Gasteiger partial charge in [-0.3, -0.25) is 14.9 Å². The highest BCUT2D eigenvalue weighted by Gasteiger charge is 2.25. The SMILES string of the molecule is O=C(O)C(S)c1nc(-c2ccc([N+](=O)[O-])cc2)c(-c2ccccc2)o1. The molecule has 1 unspecified atom stereocenters. The van der Waals surface area contributed by atoms with E-state index in [0.29, 0.717) is 22.6 Å². The molecule has 3 rings (SSSR count). The second-order valence-corrected chi connectivity index (χ2v) is 5.66. The number of aliphatic carboxylic acids is 1. The number of nitro groups is 1. The van der Waals surface area contributed by atoms with Gasteiger partial charge in [0.1, 0.15) is 5.69 Å². The molecule has 7 nitrogen and oxygen atoms in total. The fourth-order valence-corrected chi connectivity index (χ4v) is 2.39. The van der Waals surface area contributed by atoms with Crippen molar-refractivity contribution in [2.24, 2.45) is 0 Å². The number of carboxylic acid groups (broad SMARTS) is 1. The van der Waals surface area contributed by atoms with E-state index in [4.69, 9.17) is 9.52 Å². The minimum absolute atomic E-state index is 0.0497. The molecule has 1 aromatic heterocycles. The third-order valence-corrected chi connectivity index (χ3v) is 3.94. The topological polar surface area (TPSA) is 106 Å². The molecule has 0 radical (unpaired) electrons. The van der Waals surface area contributed by atoms with Crippen LogP contribution in [0.3, 0.4) is 0 Å². The average Bonchev–Trinajstić information content (AvgIpc) is 3.07. The maximum absolute atomic E-state index is 11.2. The minimum Gasteiger partial charge on any atom is -0.480 e. The molecule has 8 heteroatoms. The summed E-state index contributed by atoms with van der Waals surface area (Å²) in [6.45, 7) is 0. The van der Waals surface area contributed by atoms with E-state index < -0.39 is 16.1 Å². The van der Waals surface area contributed by atoms with E-state index in [1.54, 1.807) is 24.3 Å². The first-order chi connectivity index (χ1) is 12.0. The zero-order valence-electron chi connectivity index (χ0n) is 12.7. The summed E-state index contributed by atoms with van der Waals surface area (Å²) in [6.07, 6.45) is 0. The largest absolute Gasteiger partial charge is 0.480 e. The van der Waals surface area contributed by atoms with Crippen LogP contribution in [0.2, 0.25) is 0 Å². The molecule has 1 N–H and O–H groups in total. The molecule has 25 heavy (non-hydrogen) atoms. The summed E-state index contributed by atoms with van der Waals surface area (Å²) in [6, 6.07) is 14.9. The molecule has 0 spiro atoms. The molecule has 0 bridgehead atoms. The first-order valence-electron chi connectivity index (χ1n) is 7.19. The number of rotatable bonds is 5. The van der Waals surface area contributed by atoms with Crippen LogP contribution in [0.5, 0.6) is 0 Å². The summed E-state index contributed by atoms with van der Waals surface area (Å²) in [7, 11) is 0. The van der Waals surface area contributed by atoms with Crippen LogP contribution in [0.4, 0.5) is 5.69 Å². The lowest BCUT2D eigenvalue weighted by molar-refractivity contribution is -0.384. The maximum Gasteiger partial charge on any atom is 0.325 e. The van der Waals surface area contributed by atoms with Crippen LogP contribution in [0.1, 0.15) is 11.1 Å². The standard InChI is InChI=1S/C17H12N2O5S/c20-17(21)15(25)16-18-13(10-6-8-12(9-7-10)19(22)23)14(24-16)11-4-2-1-3-5-11/h1-9,15,25H,(H,20,21). The van der Waals surface area contributed by atoms with Crippen LogP contribution >= 0.6 is 12.6 Å². The van der Waals surface area contributed by atoms with Gasteiger partial charge >= 0.3 is 5.97 Å². The summed E-state index contributed by atoms with van der Waals surface area (Å²) in [5, 5.41) is 18.7. The number of hydrogen-bond acceptors (Lipinski definition) is 6. The highest BCUT2D eigenvalue weighted by molar-refractivity contribution is 7.81. The number of nitrogens with zero attached hydrogens (tertiary/aromatic N) is 2. The lowest BCUT2D eigenvalue weighted by atomic mass is 10.1. The molecule has 0 aliphatic rings. The molecule has 3 aromatic rings. The van der Waals surface area contributed by atoms with Crippen LogP contribution < -0.4 is 0 Å². The van der Waals surface area contributed by atoms with E-state index in [9.17, 15) is 14.9 Å². The molecule has 126 valence electrons. The Morgan fingerprint density at radius 2 is 1.76 bits per heavy atom. The second kappa shape index (κ2) is 6.78. The summed E-state index contributed by atoms with van der Waals surface area (Å²) < 4.78 is 5.65. The summed E-state index contributed by atoms with van der Waals surface area (Å²) in [4.78, 5) is 25.7. The summed E-state index contributed by atoms with van der Waals surface area (Å²) >= 11 is 4.00. The van der Waals surface area contributed by atoms with Gasteiger partial charge < -0.3 is 9.52 Å². The molecule has 1 atom stereocenters. The summed E-state index contributed by atoms with van der Waals surface area (Å²) in [5.41, 5.74) is 1.63. The molecular weight excluding hydrogens is 344 g/mol. The maximum atomic E-state index is 11.2. The Hall–Kier alpha value is -3.13. The van der Waals surface area contributed by atoms with Crippen LogP contribution in [0.25, 0.3) is 22.6 Å². The molecule has 0 aliphatic carbocycles. The minimum atomic E-state index is -1.21. The zero-order valence-corrected chi connectivity index (χ0v) is 13.6. The van der Waals surface area contributed by atoms with Gasteiger partial charge in [-0.2, -0.15) is 12.6 Å². The predicted octanol–water partition coefficient (Wildman–Crippen LogP) is 3.97. The third kappa shape index (κ3) is 3.38. The van der Waals surface area contributed by atoms with Gasteiger partial charge in [-0.1, -0.05) is 30.3 Å². The Kier molecular flexibility index (Phi) is 4.53. The Bertz CT molecular complexity index is 922. The van der Waals surface area contributed by atoms with Crippen molar-refractivity contribution in [3.63, 3.8) is 0 Å². The van der Waals surface area contributed by atoms with Gasteiger partial charge in [0.2, 0.25) is 5.89 Å². The number of hydrogen-bond donors (Lipinski definition) is 2. The first kappa shape index (κ1) is 16.7. The van der Waals surface area contributed by atoms with E-state index in [2.05, 4.69) is 17.6 Å². The van der Waals surface area contributed by atoms with Crippen molar-refractivity contribution < 1.29 is 19.2 Å². The van der Waals surface area contributed by atoms with E-state index in [1.165, 1.54) is 12.1 Å². The normalized spacial score (nSPS) is 11.9. The number of non-ortho nitro benzene ring substituents is 1. The number of thiol groups is 1. The second-order valence-electron chi connectivity index (χ2n) is 5.14. The summed E-state index contributed by atoms with van der Waals surface area (Å²) in [5.74, 6) is -0.854. The van der Waals surface area contributed by atoms with Gasteiger partial charge in [-0.05, 0) is 12.1 Å². The van der Waals surface area contributed by atoms with Gasteiger partial charge in [0.25, 0.3) is 5.69 Å². The first-order valence-corrected chi connectivity index (χ1v) is 7.71. The van der Waals surface area contributed by atoms with Crippen molar-refractivity contribution in [2.75, 3.05) is 0 Å². The molecule has 0 saturated heterocycles. The Balaban J connectivity index is 2.13. The molecule has 0 amide bonds. The van der Waals surface area contributed by atoms with Crippen LogP contribution in [-0.4, -0.2) is 21.0 Å². The van der Waals surface area contributed by atoms with Gasteiger partial charge in [-0.15, -0.1) is 0 Å². The lowest BCUT2D eigenvalue weighted by Gasteiger charge is -2.01. The number of carboxylic acids is 1. The zero-order chi connectivity index (χ0) is 18.0. The van der Waals surface area contributed by atoms with E-state index in [-0.39, 0.29) is 11.6 Å². The van der Waals surface area contributed by atoms with Gasteiger partial charge in [0.15, 0.2) is 11.0 Å². The molecule has 0 aliphatic heterocycles. The van der Waals surface area contributed by atoms with Crippen LogP contribution in [0.15, 0.2) is 59.0 Å². The smallest absolute Gasteiger partial charge is 0.325 e. The predicted molar refractivity (Wildman–Crippen MR) is 93.4 cm³/mol. The molecule has 0 fully saturated rings. The van der Waals surface area contributed by atoms with E-state index >= 15 is 0 Å². The molecule has 2 aromatic carbocycles. The molecular formula is C17H12N2O5S. The van der Waals surface area contributed by atoms with Crippen molar-refractivity contribution in [3.05, 3.63) is 70.6 Å². The van der Waals surface area contributed by atoms with E-state index in [0.717, 1.165) is 0 Å². The van der Waals surface area contributed by atoms with Crippen molar-refractivity contribution in [1.29, 1.82) is 0 Å². The van der Waals surface area contributed by atoms with Gasteiger partial charge in [0.05, 0.1) is 4.92 Å². The van der Waals surface area contributed by atoms with Gasteiger partial charge in [0, 0.05) is 23.3 Å². The highest BCUT2D eigenvalue weighted by atomic mass is 32.1. The molecule has 0 saturated carbocycles. The number of nitro benzene ring substituents is 1. The third-order valence-electron chi connectivity index (χ3n) is 3.50. The quantitative estimate of drug-likeness (QED) is 0.407. The van der Waals surface area contributed by atoms with Crippen LogP contribution in [0, 0.1) is 10.1 Å². The Morgan fingerprint density at radius 1 is 1.12 bits per heavy atom. The fraction of sp³-hybridized carbons (Fsp3) is 0.0588. The van der Waals surface area contributed by atoms with Crippen molar-refractivity contribution in [1.82, 2.24) is 4.98 Å². The van der Waals surface area contributed by atoms with Crippen molar-refractivity contribution in [3.8, 4) is 22.6 Å². The Labute approximate surface area is 147 Å². The van der Waals surface area contributed by atoms with Gasteiger partial charge in [-0.25, -0.2) is 4.98 Å². The van der Waals surface area contributed by atoms with Crippen molar-refractivity contribution >= 4 is 24.3 Å². The fourth-order valence-electron chi connectivity index (χ4n) is 2.28. The average molecular weight is 356 g/mol.